The standard InChI is InChI=1S/C21H17ClFN3O2/c22-18-4-2-1-3-16(18)13-26-21(28)19-11-15(9-10-24-19)20(27)25-12-14-5-7-17(23)8-6-14/h1-11H,12-13H2,(H,25,27)(H,26,28). The monoisotopic (exact) mass is 397 g/mol. The van der Waals surface area contributed by atoms with E-state index in [1.807, 2.05) is 18.2 Å². The van der Waals surface area contributed by atoms with Crippen LogP contribution in [-0.2, 0) is 13.1 Å². The number of carbonyl (C=O) groups excluding carboxylic acids is 2. The van der Waals surface area contributed by atoms with E-state index in [1.165, 1.54) is 30.5 Å². The minimum absolute atomic E-state index is 0.126. The van der Waals surface area contributed by atoms with Gasteiger partial charge in [0.25, 0.3) is 11.8 Å². The maximum absolute atomic E-state index is 12.9. The Hall–Kier alpha value is -3.25. The summed E-state index contributed by atoms with van der Waals surface area (Å²) in [4.78, 5) is 28.7. The summed E-state index contributed by atoms with van der Waals surface area (Å²) >= 11 is 6.07. The Bertz CT molecular complexity index is 993. The molecule has 0 radical (unpaired) electrons. The molecule has 28 heavy (non-hydrogen) atoms. The summed E-state index contributed by atoms with van der Waals surface area (Å²) in [7, 11) is 0. The van der Waals surface area contributed by atoms with Gasteiger partial charge in [0.1, 0.15) is 11.5 Å². The summed E-state index contributed by atoms with van der Waals surface area (Å²) in [6.45, 7) is 0.497. The first kappa shape index (κ1) is 19.5. The van der Waals surface area contributed by atoms with Crippen LogP contribution in [0, 0.1) is 5.82 Å². The zero-order valence-electron chi connectivity index (χ0n) is 14.8. The van der Waals surface area contributed by atoms with Crippen molar-refractivity contribution in [3.05, 3.63) is 100 Å². The highest BCUT2D eigenvalue weighted by Crippen LogP contribution is 2.14. The number of carbonyl (C=O) groups is 2. The Morgan fingerprint density at radius 2 is 1.64 bits per heavy atom. The third-order valence-corrected chi connectivity index (χ3v) is 4.39. The molecule has 0 atom stereocenters. The summed E-state index contributed by atoms with van der Waals surface area (Å²) < 4.78 is 12.9. The molecule has 0 spiro atoms. The van der Waals surface area contributed by atoms with E-state index in [4.69, 9.17) is 11.6 Å². The lowest BCUT2D eigenvalue weighted by Crippen LogP contribution is -2.26. The van der Waals surface area contributed by atoms with E-state index in [1.54, 1.807) is 18.2 Å². The molecule has 0 aliphatic carbocycles. The first-order chi connectivity index (χ1) is 13.5. The molecule has 0 unspecified atom stereocenters. The number of amides is 2. The molecular formula is C21H17ClFN3O2. The van der Waals surface area contributed by atoms with E-state index in [0.717, 1.165) is 11.1 Å². The van der Waals surface area contributed by atoms with Crippen molar-refractivity contribution < 1.29 is 14.0 Å². The highest BCUT2D eigenvalue weighted by molar-refractivity contribution is 6.31. The minimum atomic E-state index is -0.409. The van der Waals surface area contributed by atoms with Crippen molar-refractivity contribution in [3.63, 3.8) is 0 Å². The number of nitrogens with one attached hydrogen (secondary N) is 2. The lowest BCUT2D eigenvalue weighted by Gasteiger charge is -2.08. The largest absolute Gasteiger partial charge is 0.348 e. The number of rotatable bonds is 6. The molecule has 0 fully saturated rings. The van der Waals surface area contributed by atoms with Crippen LogP contribution >= 0.6 is 11.6 Å². The van der Waals surface area contributed by atoms with Crippen LogP contribution in [0.25, 0.3) is 0 Å². The fourth-order valence-corrected chi connectivity index (χ4v) is 2.69. The van der Waals surface area contributed by atoms with Gasteiger partial charge >= 0.3 is 0 Å². The maximum atomic E-state index is 12.9. The second-order valence-corrected chi connectivity index (χ2v) is 6.42. The number of hydrogen-bond donors (Lipinski definition) is 2. The summed E-state index contributed by atoms with van der Waals surface area (Å²) in [6, 6.07) is 16.0. The SMILES string of the molecule is O=C(NCc1ccc(F)cc1)c1ccnc(C(=O)NCc2ccccc2Cl)c1. The van der Waals surface area contributed by atoms with Crippen LogP contribution in [0.5, 0.6) is 0 Å². The van der Waals surface area contributed by atoms with Crippen molar-refractivity contribution in [1.82, 2.24) is 15.6 Å². The van der Waals surface area contributed by atoms with Gasteiger partial charge in [-0.05, 0) is 41.5 Å². The van der Waals surface area contributed by atoms with Crippen LogP contribution in [0.15, 0.2) is 66.9 Å². The number of benzene rings is 2. The van der Waals surface area contributed by atoms with E-state index in [-0.39, 0.29) is 30.5 Å². The predicted molar refractivity (Wildman–Crippen MR) is 104 cm³/mol. The lowest BCUT2D eigenvalue weighted by atomic mass is 10.2. The van der Waals surface area contributed by atoms with Gasteiger partial charge < -0.3 is 10.6 Å². The fraction of sp³-hybridized carbons (Fsp3) is 0.0952. The van der Waals surface area contributed by atoms with Gasteiger partial charge in [0, 0.05) is 29.9 Å². The van der Waals surface area contributed by atoms with Crippen molar-refractivity contribution in [2.75, 3.05) is 0 Å². The zero-order valence-corrected chi connectivity index (χ0v) is 15.5. The average Bonchev–Trinajstić information content (AvgIpc) is 2.72. The maximum Gasteiger partial charge on any atom is 0.270 e. The van der Waals surface area contributed by atoms with Crippen LogP contribution in [-0.4, -0.2) is 16.8 Å². The molecule has 0 saturated carbocycles. The van der Waals surface area contributed by atoms with Gasteiger partial charge in [-0.25, -0.2) is 4.39 Å². The number of nitrogens with zero attached hydrogens (tertiary/aromatic N) is 1. The summed E-state index contributed by atoms with van der Waals surface area (Å²) in [5.74, 6) is -1.10. The van der Waals surface area contributed by atoms with Crippen molar-refractivity contribution in [3.8, 4) is 0 Å². The molecule has 7 heteroatoms. The van der Waals surface area contributed by atoms with Crippen molar-refractivity contribution in [2.24, 2.45) is 0 Å². The molecule has 3 rings (SSSR count). The summed E-state index contributed by atoms with van der Waals surface area (Å²) in [5.41, 5.74) is 1.98. The molecule has 0 saturated heterocycles. The molecule has 5 nitrogen and oxygen atoms in total. The smallest absolute Gasteiger partial charge is 0.270 e. The number of pyridine rings is 1. The third kappa shape index (κ3) is 5.14. The predicted octanol–water partition coefficient (Wildman–Crippen LogP) is 3.73. The van der Waals surface area contributed by atoms with Crippen LogP contribution in [0.2, 0.25) is 5.02 Å². The highest BCUT2D eigenvalue weighted by Gasteiger charge is 2.12. The van der Waals surface area contributed by atoms with Gasteiger partial charge in [0.05, 0.1) is 0 Å². The first-order valence-electron chi connectivity index (χ1n) is 8.53. The normalized spacial score (nSPS) is 10.4. The fourth-order valence-electron chi connectivity index (χ4n) is 2.49. The number of hydrogen-bond acceptors (Lipinski definition) is 3. The molecule has 0 aliphatic heterocycles. The van der Waals surface area contributed by atoms with Gasteiger partial charge in [0.2, 0.25) is 0 Å². The molecule has 0 bridgehead atoms. The van der Waals surface area contributed by atoms with Crippen LogP contribution in [0.1, 0.15) is 32.0 Å². The average molecular weight is 398 g/mol. The second kappa shape index (κ2) is 9.10. The van der Waals surface area contributed by atoms with Gasteiger partial charge in [-0.15, -0.1) is 0 Å². The molecule has 1 heterocycles. The first-order valence-corrected chi connectivity index (χ1v) is 8.91. The topological polar surface area (TPSA) is 71.1 Å². The van der Waals surface area contributed by atoms with Crippen LogP contribution in [0.4, 0.5) is 4.39 Å². The molecule has 2 amide bonds. The van der Waals surface area contributed by atoms with Crippen LogP contribution < -0.4 is 10.6 Å². The number of aromatic nitrogens is 1. The van der Waals surface area contributed by atoms with Crippen LogP contribution in [0.3, 0.4) is 0 Å². The zero-order chi connectivity index (χ0) is 19.9. The molecule has 142 valence electrons. The third-order valence-electron chi connectivity index (χ3n) is 4.02. The molecule has 3 aromatic rings. The van der Waals surface area contributed by atoms with E-state index in [2.05, 4.69) is 15.6 Å². The van der Waals surface area contributed by atoms with Crippen molar-refractivity contribution in [2.45, 2.75) is 13.1 Å². The summed E-state index contributed by atoms with van der Waals surface area (Å²) in [5, 5.41) is 6.02. The van der Waals surface area contributed by atoms with E-state index in [0.29, 0.717) is 10.6 Å². The quantitative estimate of drug-likeness (QED) is 0.665. The highest BCUT2D eigenvalue weighted by atomic mass is 35.5. The molecule has 0 aliphatic rings. The molecule has 2 N–H and O–H groups in total. The van der Waals surface area contributed by atoms with Gasteiger partial charge in [0.15, 0.2) is 0 Å². The molecular weight excluding hydrogens is 381 g/mol. The Labute approximate surface area is 166 Å². The molecule has 2 aromatic carbocycles. The Morgan fingerprint density at radius 3 is 2.39 bits per heavy atom. The van der Waals surface area contributed by atoms with E-state index < -0.39 is 5.91 Å². The Morgan fingerprint density at radius 1 is 0.929 bits per heavy atom. The van der Waals surface area contributed by atoms with E-state index >= 15 is 0 Å². The van der Waals surface area contributed by atoms with Gasteiger partial charge in [-0.3, -0.25) is 14.6 Å². The van der Waals surface area contributed by atoms with Gasteiger partial charge in [-0.2, -0.15) is 0 Å². The second-order valence-electron chi connectivity index (χ2n) is 6.01. The van der Waals surface area contributed by atoms with Gasteiger partial charge in [-0.1, -0.05) is 41.9 Å². The lowest BCUT2D eigenvalue weighted by molar-refractivity contribution is 0.0946. The van der Waals surface area contributed by atoms with Crippen molar-refractivity contribution in [1.29, 1.82) is 0 Å². The minimum Gasteiger partial charge on any atom is -0.348 e. The molecule has 1 aromatic heterocycles. The summed E-state index contributed by atoms with van der Waals surface area (Å²) in [6.07, 6.45) is 1.40. The van der Waals surface area contributed by atoms with Crippen molar-refractivity contribution >= 4 is 23.4 Å². The number of halogens is 2. The Balaban J connectivity index is 1.60. The Kier molecular flexibility index (Phi) is 6.34. The van der Waals surface area contributed by atoms with E-state index in [9.17, 15) is 14.0 Å².